The van der Waals surface area contributed by atoms with E-state index in [1.54, 1.807) is 0 Å². The highest BCUT2D eigenvalue weighted by molar-refractivity contribution is 7.99. The van der Waals surface area contributed by atoms with E-state index in [-0.39, 0.29) is 11.8 Å². The van der Waals surface area contributed by atoms with Gasteiger partial charge in [0.1, 0.15) is 0 Å². The monoisotopic (exact) mass is 264 g/mol. The van der Waals surface area contributed by atoms with E-state index in [1.807, 2.05) is 25.1 Å². The van der Waals surface area contributed by atoms with Gasteiger partial charge in [0.05, 0.1) is 16.8 Å². The van der Waals surface area contributed by atoms with E-state index in [1.165, 1.54) is 11.8 Å². The van der Waals surface area contributed by atoms with Gasteiger partial charge in [0.15, 0.2) is 5.16 Å². The first-order valence-corrected chi connectivity index (χ1v) is 6.81. The molecule has 5 heteroatoms. The number of benzene rings is 1. The number of aliphatic carboxylic acids is 1. The molecule has 0 unspecified atom stereocenters. The number of rotatable bonds is 4. The smallest absolute Gasteiger partial charge is 0.313 e. The van der Waals surface area contributed by atoms with E-state index in [4.69, 9.17) is 5.11 Å². The Hall–Kier alpha value is -1.49. The van der Waals surface area contributed by atoms with E-state index in [2.05, 4.69) is 23.4 Å². The number of imidazole rings is 1. The molecule has 0 fully saturated rings. The summed E-state index contributed by atoms with van der Waals surface area (Å²) < 4.78 is 2.09. The van der Waals surface area contributed by atoms with E-state index in [0.29, 0.717) is 0 Å². The Kier molecular flexibility index (Phi) is 3.61. The molecule has 1 aromatic heterocycles. The minimum Gasteiger partial charge on any atom is -0.481 e. The van der Waals surface area contributed by atoms with Crippen molar-refractivity contribution in [3.05, 3.63) is 23.8 Å². The number of carboxylic acids is 1. The molecule has 0 bridgehead atoms. The van der Waals surface area contributed by atoms with Crippen molar-refractivity contribution in [2.75, 3.05) is 5.75 Å². The second-order valence-corrected chi connectivity index (χ2v) is 5.43. The maximum atomic E-state index is 10.7. The number of carbonyl (C=O) groups is 1. The Labute approximate surface area is 110 Å². The second kappa shape index (κ2) is 5.02. The quantitative estimate of drug-likeness (QED) is 0.862. The minimum atomic E-state index is -0.820. The van der Waals surface area contributed by atoms with E-state index < -0.39 is 5.97 Å². The van der Waals surface area contributed by atoms with Crippen molar-refractivity contribution in [1.29, 1.82) is 0 Å². The Morgan fingerprint density at radius 3 is 2.83 bits per heavy atom. The van der Waals surface area contributed by atoms with Crippen LogP contribution in [-0.4, -0.2) is 26.4 Å². The molecule has 0 atom stereocenters. The van der Waals surface area contributed by atoms with Gasteiger partial charge in [-0.05, 0) is 32.4 Å². The van der Waals surface area contributed by atoms with Crippen LogP contribution in [0.5, 0.6) is 0 Å². The van der Waals surface area contributed by atoms with Crippen molar-refractivity contribution < 1.29 is 9.90 Å². The Morgan fingerprint density at radius 2 is 2.22 bits per heavy atom. The molecule has 1 heterocycles. The van der Waals surface area contributed by atoms with Crippen LogP contribution >= 0.6 is 11.8 Å². The molecule has 1 aromatic carbocycles. The number of nitrogens with zero attached hydrogens (tertiary/aromatic N) is 2. The summed E-state index contributed by atoms with van der Waals surface area (Å²) in [5.41, 5.74) is 3.14. The summed E-state index contributed by atoms with van der Waals surface area (Å²) in [5.74, 6) is -0.783. The molecule has 0 saturated heterocycles. The van der Waals surface area contributed by atoms with Gasteiger partial charge in [-0.2, -0.15) is 0 Å². The summed E-state index contributed by atoms with van der Waals surface area (Å²) in [5, 5.41) is 9.55. The summed E-state index contributed by atoms with van der Waals surface area (Å²) in [4.78, 5) is 15.2. The fraction of sp³-hybridized carbons (Fsp3) is 0.385. The molecular weight excluding hydrogens is 248 g/mol. The van der Waals surface area contributed by atoms with E-state index in [9.17, 15) is 4.79 Å². The molecule has 0 spiro atoms. The highest BCUT2D eigenvalue weighted by atomic mass is 32.2. The maximum Gasteiger partial charge on any atom is 0.313 e. The van der Waals surface area contributed by atoms with Crippen molar-refractivity contribution in [3.8, 4) is 0 Å². The van der Waals surface area contributed by atoms with Crippen LogP contribution in [0.3, 0.4) is 0 Å². The summed E-state index contributed by atoms with van der Waals surface area (Å²) in [6.07, 6.45) is 0. The topological polar surface area (TPSA) is 55.1 Å². The highest BCUT2D eigenvalue weighted by Crippen LogP contribution is 2.29. The van der Waals surface area contributed by atoms with E-state index in [0.717, 1.165) is 21.8 Å². The van der Waals surface area contributed by atoms with Crippen LogP contribution in [-0.2, 0) is 4.79 Å². The lowest BCUT2D eigenvalue weighted by Crippen LogP contribution is -2.05. The van der Waals surface area contributed by atoms with Crippen LogP contribution in [0.15, 0.2) is 23.4 Å². The molecule has 18 heavy (non-hydrogen) atoms. The first-order chi connectivity index (χ1) is 8.50. The number of hydrogen-bond donors (Lipinski definition) is 1. The third-order valence-electron chi connectivity index (χ3n) is 2.73. The molecule has 0 amide bonds. The fourth-order valence-corrected chi connectivity index (χ4v) is 2.82. The number of hydrogen-bond acceptors (Lipinski definition) is 3. The van der Waals surface area contributed by atoms with E-state index >= 15 is 0 Å². The molecule has 2 aromatic rings. The van der Waals surface area contributed by atoms with Gasteiger partial charge >= 0.3 is 5.97 Å². The molecule has 4 nitrogen and oxygen atoms in total. The Balaban J connectivity index is 2.54. The zero-order valence-electron chi connectivity index (χ0n) is 10.7. The first kappa shape index (κ1) is 13.0. The zero-order chi connectivity index (χ0) is 13.3. The van der Waals surface area contributed by atoms with Crippen molar-refractivity contribution >= 4 is 28.8 Å². The molecule has 0 aliphatic carbocycles. The molecule has 0 aliphatic rings. The summed E-state index contributed by atoms with van der Waals surface area (Å²) in [7, 11) is 0. The summed E-state index contributed by atoms with van der Waals surface area (Å²) >= 11 is 1.27. The molecule has 96 valence electrons. The third kappa shape index (κ3) is 2.36. The van der Waals surface area contributed by atoms with Crippen LogP contribution in [0.4, 0.5) is 0 Å². The van der Waals surface area contributed by atoms with Crippen LogP contribution < -0.4 is 0 Å². The van der Waals surface area contributed by atoms with Gasteiger partial charge in [-0.15, -0.1) is 0 Å². The predicted molar refractivity (Wildman–Crippen MR) is 73.2 cm³/mol. The van der Waals surface area contributed by atoms with Gasteiger partial charge in [0.2, 0.25) is 0 Å². The fourth-order valence-electron chi connectivity index (χ4n) is 1.96. The highest BCUT2D eigenvalue weighted by Gasteiger charge is 2.15. The van der Waals surface area contributed by atoms with Crippen LogP contribution in [0.2, 0.25) is 0 Å². The number of aromatic nitrogens is 2. The van der Waals surface area contributed by atoms with Crippen molar-refractivity contribution in [1.82, 2.24) is 9.55 Å². The average Bonchev–Trinajstić information content (AvgIpc) is 2.66. The summed E-state index contributed by atoms with van der Waals surface area (Å²) in [6.45, 7) is 6.17. The second-order valence-electron chi connectivity index (χ2n) is 4.48. The molecule has 0 saturated carbocycles. The number of para-hydroxylation sites is 1. The maximum absolute atomic E-state index is 10.7. The Bertz CT molecular complexity index is 590. The molecule has 0 radical (unpaired) electrons. The van der Waals surface area contributed by atoms with Gasteiger partial charge < -0.3 is 9.67 Å². The molecule has 1 N–H and O–H groups in total. The minimum absolute atomic E-state index is 0.0368. The lowest BCUT2D eigenvalue weighted by molar-refractivity contribution is -0.133. The normalized spacial score (nSPS) is 11.3. The molecule has 0 aliphatic heterocycles. The lowest BCUT2D eigenvalue weighted by Gasteiger charge is -2.11. The third-order valence-corrected chi connectivity index (χ3v) is 3.67. The predicted octanol–water partition coefficient (Wildman–Crippen LogP) is 3.10. The zero-order valence-corrected chi connectivity index (χ0v) is 11.5. The van der Waals surface area contributed by atoms with Gasteiger partial charge in [-0.25, -0.2) is 4.98 Å². The molecule has 2 rings (SSSR count). The first-order valence-electron chi connectivity index (χ1n) is 5.83. The van der Waals surface area contributed by atoms with Gasteiger partial charge in [0.25, 0.3) is 0 Å². The number of fused-ring (bicyclic) bond motifs is 1. The standard InChI is InChI=1S/C13H16N2O2S/c1-8(2)15-10-6-4-5-9(3)12(10)14-13(15)18-7-11(16)17/h4-6,8H,7H2,1-3H3,(H,16,17). The SMILES string of the molecule is Cc1cccc2c1nc(SCC(=O)O)n2C(C)C. The van der Waals surface area contributed by atoms with Gasteiger partial charge in [0, 0.05) is 6.04 Å². The molecular formula is C13H16N2O2S. The largest absolute Gasteiger partial charge is 0.481 e. The van der Waals surface area contributed by atoms with Crippen molar-refractivity contribution in [3.63, 3.8) is 0 Å². The van der Waals surface area contributed by atoms with Crippen LogP contribution in [0.1, 0.15) is 25.5 Å². The summed E-state index contributed by atoms with van der Waals surface area (Å²) in [6, 6.07) is 6.31. The number of thioether (sulfide) groups is 1. The Morgan fingerprint density at radius 1 is 1.50 bits per heavy atom. The lowest BCUT2D eigenvalue weighted by atomic mass is 10.2. The van der Waals surface area contributed by atoms with Gasteiger partial charge in [-0.1, -0.05) is 23.9 Å². The van der Waals surface area contributed by atoms with Gasteiger partial charge in [-0.3, -0.25) is 4.79 Å². The van der Waals surface area contributed by atoms with Crippen molar-refractivity contribution in [2.45, 2.75) is 32.0 Å². The number of aryl methyl sites for hydroxylation is 1. The average molecular weight is 264 g/mol. The van der Waals surface area contributed by atoms with Crippen LogP contribution in [0.25, 0.3) is 11.0 Å². The number of carboxylic acid groups (broad SMARTS) is 1. The van der Waals surface area contributed by atoms with Crippen molar-refractivity contribution in [2.24, 2.45) is 0 Å². The van der Waals surface area contributed by atoms with Crippen LogP contribution in [0, 0.1) is 6.92 Å².